The van der Waals surface area contributed by atoms with E-state index in [0.29, 0.717) is 18.0 Å². The lowest BCUT2D eigenvalue weighted by atomic mass is 9.69. The zero-order valence-corrected chi connectivity index (χ0v) is 17.6. The minimum absolute atomic E-state index is 0.0886. The zero-order valence-electron chi connectivity index (χ0n) is 16.8. The van der Waals surface area contributed by atoms with Crippen LogP contribution in [-0.2, 0) is 9.59 Å². The number of anilines is 1. The molecule has 0 aliphatic heterocycles. The molecule has 1 atom stereocenters. The van der Waals surface area contributed by atoms with Crippen LogP contribution in [0.3, 0.4) is 0 Å². The summed E-state index contributed by atoms with van der Waals surface area (Å²) in [6.07, 6.45) is 6.48. The van der Waals surface area contributed by atoms with Crippen LogP contribution >= 0.6 is 11.3 Å². The fraction of sp³-hybridized carbons (Fsp3) is 0.500. The Hall–Kier alpha value is -2.25. The summed E-state index contributed by atoms with van der Waals surface area (Å²) < 4.78 is 0. The van der Waals surface area contributed by atoms with Gasteiger partial charge in [-0.25, -0.2) is 4.98 Å². The summed E-state index contributed by atoms with van der Waals surface area (Å²) in [6.45, 7) is 2.16. The standard InChI is InChI=1S/C22H29N3O3S/c1-16-5-7-17(8-6-16)18(26)15-24-19(27)13-22(9-3-2-4-10-22)14-20(28)25-21-23-11-12-29-21/h5-8,11-12,18,26H,2-4,9-10,13-15H2,1H3,(H,24,27)(H,23,25,28). The number of benzene rings is 1. The number of aromatic nitrogens is 1. The van der Waals surface area contributed by atoms with Crippen LogP contribution in [0.5, 0.6) is 0 Å². The van der Waals surface area contributed by atoms with Gasteiger partial charge < -0.3 is 15.7 Å². The average molecular weight is 416 g/mol. The lowest BCUT2D eigenvalue weighted by molar-refractivity contribution is -0.126. The van der Waals surface area contributed by atoms with Crippen molar-refractivity contribution in [2.24, 2.45) is 5.41 Å². The molecule has 1 heterocycles. The number of carbonyl (C=O) groups is 2. The highest BCUT2D eigenvalue weighted by molar-refractivity contribution is 7.13. The van der Waals surface area contributed by atoms with Gasteiger partial charge >= 0.3 is 0 Å². The van der Waals surface area contributed by atoms with Gasteiger partial charge in [0.15, 0.2) is 5.13 Å². The van der Waals surface area contributed by atoms with Crippen molar-refractivity contribution in [1.82, 2.24) is 10.3 Å². The minimum atomic E-state index is -0.741. The molecule has 3 N–H and O–H groups in total. The van der Waals surface area contributed by atoms with E-state index in [1.807, 2.05) is 36.6 Å². The maximum absolute atomic E-state index is 12.6. The van der Waals surface area contributed by atoms with Gasteiger partial charge in [-0.1, -0.05) is 49.1 Å². The second-order valence-electron chi connectivity index (χ2n) is 8.03. The summed E-state index contributed by atoms with van der Waals surface area (Å²) in [7, 11) is 0. The lowest BCUT2D eigenvalue weighted by Crippen LogP contribution is -2.37. The third-order valence-corrected chi connectivity index (χ3v) is 6.31. The van der Waals surface area contributed by atoms with Crippen LogP contribution < -0.4 is 10.6 Å². The van der Waals surface area contributed by atoms with E-state index in [1.165, 1.54) is 11.3 Å². The van der Waals surface area contributed by atoms with Crippen molar-refractivity contribution >= 4 is 28.3 Å². The van der Waals surface area contributed by atoms with Crippen molar-refractivity contribution < 1.29 is 14.7 Å². The summed E-state index contributed by atoms with van der Waals surface area (Å²) in [5, 5.41) is 18.4. The van der Waals surface area contributed by atoms with E-state index in [1.54, 1.807) is 6.20 Å². The molecule has 1 aliphatic carbocycles. The van der Waals surface area contributed by atoms with Crippen molar-refractivity contribution in [3.63, 3.8) is 0 Å². The van der Waals surface area contributed by atoms with Gasteiger partial charge in [0, 0.05) is 31.0 Å². The number of nitrogens with zero attached hydrogens (tertiary/aromatic N) is 1. The van der Waals surface area contributed by atoms with Crippen molar-refractivity contribution in [2.45, 2.75) is 58.0 Å². The monoisotopic (exact) mass is 415 g/mol. The Morgan fingerprint density at radius 2 is 1.83 bits per heavy atom. The number of hydrogen-bond acceptors (Lipinski definition) is 5. The normalized spacial score (nSPS) is 16.8. The van der Waals surface area contributed by atoms with Crippen molar-refractivity contribution in [1.29, 1.82) is 0 Å². The molecule has 29 heavy (non-hydrogen) atoms. The van der Waals surface area contributed by atoms with E-state index in [4.69, 9.17) is 0 Å². The number of hydrogen-bond donors (Lipinski definition) is 3. The van der Waals surface area contributed by atoms with Crippen LogP contribution in [0.2, 0.25) is 0 Å². The van der Waals surface area contributed by atoms with Gasteiger partial charge in [-0.15, -0.1) is 11.3 Å². The van der Waals surface area contributed by atoms with Gasteiger partial charge in [-0.05, 0) is 30.7 Å². The van der Waals surface area contributed by atoms with Gasteiger partial charge in [-0.3, -0.25) is 9.59 Å². The predicted molar refractivity (Wildman–Crippen MR) is 115 cm³/mol. The maximum atomic E-state index is 12.6. The smallest absolute Gasteiger partial charge is 0.226 e. The Kier molecular flexibility index (Phi) is 7.39. The number of aliphatic hydroxyl groups excluding tert-OH is 1. The molecule has 3 rings (SSSR count). The largest absolute Gasteiger partial charge is 0.387 e. The Labute approximate surface area is 175 Å². The molecule has 1 aromatic heterocycles. The highest BCUT2D eigenvalue weighted by Crippen LogP contribution is 2.42. The molecule has 0 spiro atoms. The minimum Gasteiger partial charge on any atom is -0.387 e. The quantitative estimate of drug-likeness (QED) is 0.608. The number of carbonyl (C=O) groups excluding carboxylic acids is 2. The first-order valence-corrected chi connectivity index (χ1v) is 11.0. The van der Waals surface area contributed by atoms with Crippen LogP contribution in [0.4, 0.5) is 5.13 Å². The fourth-order valence-electron chi connectivity index (χ4n) is 4.03. The molecule has 0 bridgehead atoms. The van der Waals surface area contributed by atoms with Gasteiger partial charge in [0.25, 0.3) is 0 Å². The Balaban J connectivity index is 1.55. The van der Waals surface area contributed by atoms with E-state index in [9.17, 15) is 14.7 Å². The van der Waals surface area contributed by atoms with Crippen LogP contribution in [-0.4, -0.2) is 28.4 Å². The first-order chi connectivity index (χ1) is 14.0. The first kappa shape index (κ1) is 21.5. The summed E-state index contributed by atoms with van der Waals surface area (Å²) >= 11 is 1.39. The van der Waals surface area contributed by atoms with E-state index in [0.717, 1.165) is 43.2 Å². The van der Waals surface area contributed by atoms with Crippen LogP contribution in [0, 0.1) is 12.3 Å². The number of thiazole rings is 1. The fourth-order valence-corrected chi connectivity index (χ4v) is 4.57. The molecule has 1 saturated carbocycles. The molecule has 2 aromatic rings. The third-order valence-electron chi connectivity index (χ3n) is 5.62. The summed E-state index contributed by atoms with van der Waals surface area (Å²) in [5.41, 5.74) is 1.59. The van der Waals surface area contributed by atoms with Gasteiger partial charge in [-0.2, -0.15) is 0 Å². The number of rotatable bonds is 8. The topological polar surface area (TPSA) is 91.3 Å². The van der Waals surface area contributed by atoms with Crippen molar-refractivity contribution in [2.75, 3.05) is 11.9 Å². The summed E-state index contributed by atoms with van der Waals surface area (Å²) in [6, 6.07) is 7.63. The van der Waals surface area contributed by atoms with E-state index >= 15 is 0 Å². The summed E-state index contributed by atoms with van der Waals surface area (Å²) in [4.78, 5) is 29.3. The Morgan fingerprint density at radius 3 is 2.48 bits per heavy atom. The number of nitrogens with one attached hydrogen (secondary N) is 2. The van der Waals surface area contributed by atoms with E-state index in [-0.39, 0.29) is 23.8 Å². The highest BCUT2D eigenvalue weighted by Gasteiger charge is 2.36. The molecule has 1 aromatic carbocycles. The average Bonchev–Trinajstić information content (AvgIpc) is 3.20. The first-order valence-electron chi connectivity index (χ1n) is 10.2. The Morgan fingerprint density at radius 1 is 1.14 bits per heavy atom. The van der Waals surface area contributed by atoms with Crippen LogP contribution in [0.15, 0.2) is 35.8 Å². The number of aliphatic hydroxyl groups is 1. The zero-order chi connectivity index (χ0) is 20.7. The SMILES string of the molecule is Cc1ccc(C(O)CNC(=O)CC2(CC(=O)Nc3nccs3)CCCCC2)cc1. The molecule has 0 saturated heterocycles. The molecule has 1 fully saturated rings. The van der Waals surface area contributed by atoms with Crippen LogP contribution in [0.1, 0.15) is 62.2 Å². The van der Waals surface area contributed by atoms with E-state index in [2.05, 4.69) is 15.6 Å². The van der Waals surface area contributed by atoms with E-state index < -0.39 is 6.10 Å². The Bertz CT molecular complexity index is 799. The molecular formula is C22H29N3O3S. The third kappa shape index (κ3) is 6.37. The van der Waals surface area contributed by atoms with Crippen molar-refractivity contribution in [3.05, 3.63) is 47.0 Å². The second kappa shape index (κ2) is 9.98. The number of aryl methyl sites for hydroxylation is 1. The maximum Gasteiger partial charge on any atom is 0.226 e. The van der Waals surface area contributed by atoms with Crippen LogP contribution in [0.25, 0.3) is 0 Å². The molecule has 156 valence electrons. The number of amides is 2. The van der Waals surface area contributed by atoms with Gasteiger partial charge in [0.05, 0.1) is 6.10 Å². The molecule has 2 amide bonds. The van der Waals surface area contributed by atoms with Gasteiger partial charge in [0.2, 0.25) is 11.8 Å². The molecule has 0 radical (unpaired) electrons. The molecule has 1 unspecified atom stereocenters. The predicted octanol–water partition coefficient (Wildman–Crippen LogP) is 3.97. The molecule has 1 aliphatic rings. The molecular weight excluding hydrogens is 386 g/mol. The summed E-state index contributed by atoms with van der Waals surface area (Å²) in [5.74, 6) is -0.200. The highest BCUT2D eigenvalue weighted by atomic mass is 32.1. The second-order valence-corrected chi connectivity index (χ2v) is 8.92. The van der Waals surface area contributed by atoms with Crippen molar-refractivity contribution in [3.8, 4) is 0 Å². The van der Waals surface area contributed by atoms with Gasteiger partial charge in [0.1, 0.15) is 0 Å². The molecule has 7 heteroatoms. The molecule has 6 nitrogen and oxygen atoms in total. The lowest BCUT2D eigenvalue weighted by Gasteiger charge is -2.36.